The summed E-state index contributed by atoms with van der Waals surface area (Å²) < 4.78 is 46.2. The van der Waals surface area contributed by atoms with Crippen molar-refractivity contribution in [2.75, 3.05) is 0 Å². The van der Waals surface area contributed by atoms with Gasteiger partial charge in [0.2, 0.25) is 7.80 Å². The van der Waals surface area contributed by atoms with Gasteiger partial charge in [-0.1, -0.05) is 18.2 Å². The molecule has 1 aromatic carbocycles. The summed E-state index contributed by atoms with van der Waals surface area (Å²) in [6.45, 7) is 0. The Bertz CT molecular complexity index is 280. The molecule has 0 heterocycles. The number of halogens is 3. The summed E-state index contributed by atoms with van der Waals surface area (Å²) in [4.78, 5) is 0. The molecule has 1 radical (unpaired) electrons. The van der Waals surface area contributed by atoms with Gasteiger partial charge in [-0.15, -0.1) is 0 Å². The zero-order valence-electron chi connectivity index (χ0n) is 5.88. The molecule has 0 amide bonds. The van der Waals surface area contributed by atoms with Crippen LogP contribution >= 0.6 is 7.80 Å². The number of rotatable bonds is 1. The lowest BCUT2D eigenvalue weighted by Crippen LogP contribution is -2.08. The van der Waals surface area contributed by atoms with Gasteiger partial charge < -0.3 is 0 Å². The van der Waals surface area contributed by atoms with Crippen LogP contribution in [-0.4, -0.2) is 5.92 Å². The predicted molar refractivity (Wildman–Crippen MR) is 39.7 cm³/mol. The molecule has 12 heavy (non-hydrogen) atoms. The molecule has 0 N–H and O–H groups in total. The molecule has 0 aliphatic rings. The van der Waals surface area contributed by atoms with Crippen LogP contribution in [0.25, 0.3) is 0 Å². The first-order chi connectivity index (χ1) is 5.52. The fraction of sp³-hybridized carbons (Fsp3) is 0.143. The number of benzene rings is 1. The third-order valence-corrected chi connectivity index (χ3v) is 2.45. The highest BCUT2D eigenvalue weighted by molar-refractivity contribution is 7.54. The van der Waals surface area contributed by atoms with Gasteiger partial charge in [0.1, 0.15) is 0 Å². The van der Waals surface area contributed by atoms with E-state index < -0.39 is 13.7 Å². The standard InChI is InChI=1S/C7H5F3OP/c8-7(9,10)12(11)6-4-2-1-3-5-6/h1-5H. The Morgan fingerprint density at radius 1 is 1.08 bits per heavy atom. The highest BCUT2D eigenvalue weighted by Crippen LogP contribution is 2.41. The summed E-state index contributed by atoms with van der Waals surface area (Å²) in [7, 11) is -3.27. The first-order valence-electron chi connectivity index (χ1n) is 3.11. The van der Waals surface area contributed by atoms with Gasteiger partial charge in [-0.05, 0) is 12.1 Å². The van der Waals surface area contributed by atoms with E-state index >= 15 is 0 Å². The van der Waals surface area contributed by atoms with Crippen molar-refractivity contribution < 1.29 is 17.7 Å². The molecule has 1 atom stereocenters. The van der Waals surface area contributed by atoms with Crippen LogP contribution in [0, 0.1) is 0 Å². The molecular formula is C7H5F3OP. The van der Waals surface area contributed by atoms with Gasteiger partial charge in [-0.3, -0.25) is 4.57 Å². The second-order valence-electron chi connectivity index (χ2n) is 2.10. The van der Waals surface area contributed by atoms with Crippen LogP contribution in [0.1, 0.15) is 0 Å². The van der Waals surface area contributed by atoms with Crippen LogP contribution in [0.5, 0.6) is 0 Å². The average Bonchev–Trinajstić information content (AvgIpc) is 2.03. The van der Waals surface area contributed by atoms with E-state index in [0.29, 0.717) is 0 Å². The van der Waals surface area contributed by atoms with Gasteiger partial charge in [0.25, 0.3) is 0 Å². The zero-order valence-corrected chi connectivity index (χ0v) is 6.77. The third kappa shape index (κ3) is 2.05. The molecular weight excluding hydrogens is 188 g/mol. The molecule has 0 aliphatic carbocycles. The summed E-state index contributed by atoms with van der Waals surface area (Å²) in [6, 6.07) is 6.82. The quantitative estimate of drug-likeness (QED) is 0.626. The summed E-state index contributed by atoms with van der Waals surface area (Å²) in [5, 5.41) is -0.181. The lowest BCUT2D eigenvalue weighted by atomic mass is 10.4. The molecule has 1 aromatic rings. The second-order valence-corrected chi connectivity index (χ2v) is 3.71. The van der Waals surface area contributed by atoms with Crippen LogP contribution in [0.3, 0.4) is 0 Å². The second kappa shape index (κ2) is 3.23. The highest BCUT2D eigenvalue weighted by Gasteiger charge is 2.38. The van der Waals surface area contributed by atoms with Crippen LogP contribution < -0.4 is 5.30 Å². The number of alkyl halides is 3. The monoisotopic (exact) mass is 193 g/mol. The van der Waals surface area contributed by atoms with Crippen molar-refractivity contribution in [1.29, 1.82) is 0 Å². The van der Waals surface area contributed by atoms with Gasteiger partial charge >= 0.3 is 5.92 Å². The van der Waals surface area contributed by atoms with Crippen molar-refractivity contribution >= 4 is 13.1 Å². The van der Waals surface area contributed by atoms with Gasteiger partial charge in [0, 0.05) is 5.30 Å². The molecule has 1 nitrogen and oxygen atoms in total. The van der Waals surface area contributed by atoms with E-state index in [-0.39, 0.29) is 5.30 Å². The Labute approximate surface area is 68.0 Å². The van der Waals surface area contributed by atoms with Gasteiger partial charge in [0.15, 0.2) is 0 Å². The fourth-order valence-electron chi connectivity index (χ4n) is 0.710. The third-order valence-electron chi connectivity index (χ3n) is 1.22. The highest BCUT2D eigenvalue weighted by atomic mass is 31.1. The maximum atomic E-state index is 11.9. The SMILES string of the molecule is O=[P](c1ccccc1)C(F)(F)F. The van der Waals surface area contributed by atoms with Crippen LogP contribution in [-0.2, 0) is 4.57 Å². The van der Waals surface area contributed by atoms with E-state index in [4.69, 9.17) is 0 Å². The van der Waals surface area contributed by atoms with Crippen LogP contribution in [0.4, 0.5) is 13.2 Å². The molecule has 0 aliphatic heterocycles. The first kappa shape index (κ1) is 9.20. The number of hydrogen-bond acceptors (Lipinski definition) is 1. The molecule has 65 valence electrons. The van der Waals surface area contributed by atoms with Gasteiger partial charge in [-0.25, -0.2) is 0 Å². The van der Waals surface area contributed by atoms with Crippen molar-refractivity contribution in [2.45, 2.75) is 5.92 Å². The topological polar surface area (TPSA) is 17.1 Å². The number of hydrogen-bond donors (Lipinski definition) is 0. The summed E-state index contributed by atoms with van der Waals surface area (Å²) >= 11 is 0. The lowest BCUT2D eigenvalue weighted by molar-refractivity contribution is -0.0412. The maximum absolute atomic E-state index is 11.9. The van der Waals surface area contributed by atoms with Crippen LogP contribution in [0.2, 0.25) is 0 Å². The largest absolute Gasteiger partial charge is 0.465 e. The molecule has 0 spiro atoms. The molecule has 0 saturated carbocycles. The Morgan fingerprint density at radius 2 is 1.58 bits per heavy atom. The maximum Gasteiger partial charge on any atom is 0.465 e. The van der Waals surface area contributed by atoms with E-state index in [9.17, 15) is 17.7 Å². The Morgan fingerprint density at radius 3 is 2.00 bits per heavy atom. The van der Waals surface area contributed by atoms with E-state index in [0.717, 1.165) is 0 Å². The van der Waals surface area contributed by atoms with E-state index in [1.807, 2.05) is 0 Å². The molecule has 0 saturated heterocycles. The van der Waals surface area contributed by atoms with Crippen LogP contribution in [0.15, 0.2) is 30.3 Å². The molecule has 1 unspecified atom stereocenters. The minimum Gasteiger partial charge on any atom is -0.272 e. The average molecular weight is 193 g/mol. The fourth-order valence-corrected chi connectivity index (χ4v) is 1.45. The normalized spacial score (nSPS) is 12.8. The lowest BCUT2D eigenvalue weighted by Gasteiger charge is -2.03. The van der Waals surface area contributed by atoms with Crippen molar-refractivity contribution in [3.05, 3.63) is 30.3 Å². The van der Waals surface area contributed by atoms with Crippen molar-refractivity contribution in [3.8, 4) is 0 Å². The zero-order chi connectivity index (χ0) is 9.19. The molecule has 5 heteroatoms. The predicted octanol–water partition coefficient (Wildman–Crippen LogP) is 2.66. The molecule has 1 rings (SSSR count). The van der Waals surface area contributed by atoms with E-state index in [1.165, 1.54) is 24.3 Å². The van der Waals surface area contributed by atoms with Crippen molar-refractivity contribution in [1.82, 2.24) is 0 Å². The summed E-state index contributed by atoms with van der Waals surface area (Å²) in [5.41, 5.74) is 0. The first-order valence-corrected chi connectivity index (χ1v) is 4.37. The van der Waals surface area contributed by atoms with E-state index in [2.05, 4.69) is 0 Å². The van der Waals surface area contributed by atoms with Crippen molar-refractivity contribution in [3.63, 3.8) is 0 Å². The Hall–Kier alpha value is -0.890. The van der Waals surface area contributed by atoms with Gasteiger partial charge in [-0.2, -0.15) is 13.2 Å². The smallest absolute Gasteiger partial charge is 0.272 e. The summed E-state index contributed by atoms with van der Waals surface area (Å²) in [6.07, 6.45) is 0. The Kier molecular flexibility index (Phi) is 2.48. The minimum atomic E-state index is -4.63. The molecule has 0 aromatic heterocycles. The minimum absolute atomic E-state index is 0.181. The molecule has 0 bridgehead atoms. The van der Waals surface area contributed by atoms with E-state index in [1.54, 1.807) is 6.07 Å². The van der Waals surface area contributed by atoms with Gasteiger partial charge in [0.05, 0.1) is 0 Å². The molecule has 0 fully saturated rings. The van der Waals surface area contributed by atoms with Crippen molar-refractivity contribution in [2.24, 2.45) is 0 Å². The summed E-state index contributed by atoms with van der Waals surface area (Å²) in [5.74, 6) is -4.63. The Balaban J connectivity index is 2.94.